The van der Waals surface area contributed by atoms with Gasteiger partial charge in [-0.1, -0.05) is 54.6 Å². The molecule has 2 fully saturated rings. The first-order valence-corrected chi connectivity index (χ1v) is 14.8. The van der Waals surface area contributed by atoms with Gasteiger partial charge in [0.15, 0.2) is 0 Å². The molecule has 6 rings (SSSR count). The van der Waals surface area contributed by atoms with Gasteiger partial charge in [-0.05, 0) is 68.4 Å². The topological polar surface area (TPSA) is 96.4 Å². The van der Waals surface area contributed by atoms with Crippen LogP contribution in [-0.2, 0) is 23.9 Å². The number of ether oxygens (including phenoxy) is 2. The molecule has 41 heavy (non-hydrogen) atoms. The summed E-state index contributed by atoms with van der Waals surface area (Å²) in [5, 5.41) is 11.4. The van der Waals surface area contributed by atoms with E-state index in [0.717, 1.165) is 42.1 Å². The normalized spacial score (nSPS) is 32.3. The number of cyclic esters (lactones) is 1. The minimum absolute atomic E-state index is 0.0725. The Morgan fingerprint density at radius 1 is 0.927 bits per heavy atom. The molecule has 2 aromatic carbocycles. The second kappa shape index (κ2) is 11.1. The number of aliphatic hydroxyl groups excluding tert-OH is 1. The largest absolute Gasteiger partial charge is 0.465 e. The standard InChI is InChI=1S/C33H38N2O6/c1-32-16-7-2-3-10-21-40-31(39)27(32)26-29(37)35(18-8-4-9-20-36)28-30(38)34(19-11-17-33(26,28)41-32)25-15-14-23-12-5-6-13-24(23)22-25/h5-7,11-17,22,26-28,36H,2-4,8-10,18-21H2,1H3/b16-7-/t26-,27-,28?,32+,33-/m0/s1. The van der Waals surface area contributed by atoms with Gasteiger partial charge >= 0.3 is 5.97 Å². The highest BCUT2D eigenvalue weighted by molar-refractivity contribution is 6.06. The van der Waals surface area contributed by atoms with Gasteiger partial charge in [-0.2, -0.15) is 0 Å². The van der Waals surface area contributed by atoms with Gasteiger partial charge in [0, 0.05) is 25.4 Å². The number of unbranched alkanes of at least 4 members (excludes halogenated alkanes) is 2. The van der Waals surface area contributed by atoms with Crippen molar-refractivity contribution < 1.29 is 29.0 Å². The summed E-state index contributed by atoms with van der Waals surface area (Å²) in [6.07, 6.45) is 12.1. The van der Waals surface area contributed by atoms with E-state index in [9.17, 15) is 19.5 Å². The number of amides is 2. The van der Waals surface area contributed by atoms with Crippen molar-refractivity contribution in [3.05, 3.63) is 66.8 Å². The number of esters is 1. The molecule has 1 N–H and O–H groups in total. The first kappa shape index (κ1) is 27.7. The van der Waals surface area contributed by atoms with Crippen LogP contribution in [0.25, 0.3) is 10.8 Å². The highest BCUT2D eigenvalue weighted by atomic mass is 16.6. The fraction of sp³-hybridized carbons (Fsp3) is 0.485. The van der Waals surface area contributed by atoms with Crippen molar-refractivity contribution in [1.29, 1.82) is 0 Å². The third kappa shape index (κ3) is 4.67. The molecule has 2 saturated heterocycles. The number of anilines is 1. The number of hydrogen-bond donors (Lipinski definition) is 1. The van der Waals surface area contributed by atoms with E-state index >= 15 is 0 Å². The van der Waals surface area contributed by atoms with Crippen LogP contribution in [-0.4, -0.2) is 71.3 Å². The lowest BCUT2D eigenvalue weighted by Crippen LogP contribution is -2.56. The van der Waals surface area contributed by atoms with E-state index in [1.807, 2.05) is 73.7 Å². The molecule has 0 saturated carbocycles. The Bertz CT molecular complexity index is 1400. The summed E-state index contributed by atoms with van der Waals surface area (Å²) in [6, 6.07) is 13.0. The number of carbonyl (C=O) groups is 3. The van der Waals surface area contributed by atoms with Crippen molar-refractivity contribution >= 4 is 34.2 Å². The molecule has 8 nitrogen and oxygen atoms in total. The van der Waals surface area contributed by atoms with Crippen molar-refractivity contribution in [3.63, 3.8) is 0 Å². The smallest absolute Gasteiger partial charge is 0.313 e. The summed E-state index contributed by atoms with van der Waals surface area (Å²) >= 11 is 0. The van der Waals surface area contributed by atoms with Crippen LogP contribution in [0, 0.1) is 11.8 Å². The molecule has 0 radical (unpaired) electrons. The molecule has 0 bridgehead atoms. The maximum absolute atomic E-state index is 14.6. The van der Waals surface area contributed by atoms with Crippen LogP contribution in [0.1, 0.15) is 45.4 Å². The maximum atomic E-state index is 14.6. The van der Waals surface area contributed by atoms with Crippen LogP contribution in [0.3, 0.4) is 0 Å². The average Bonchev–Trinajstić information content (AvgIpc) is 3.29. The van der Waals surface area contributed by atoms with Gasteiger partial charge in [-0.3, -0.25) is 14.4 Å². The van der Waals surface area contributed by atoms with Crippen molar-refractivity contribution in [2.45, 2.75) is 62.7 Å². The van der Waals surface area contributed by atoms with Crippen LogP contribution in [0.2, 0.25) is 0 Å². The minimum atomic E-state index is -1.31. The number of aliphatic hydroxyl groups is 1. The molecule has 0 aliphatic carbocycles. The van der Waals surface area contributed by atoms with E-state index in [4.69, 9.17) is 9.47 Å². The van der Waals surface area contributed by atoms with Gasteiger partial charge in [0.25, 0.3) is 5.91 Å². The van der Waals surface area contributed by atoms with E-state index < -0.39 is 35.0 Å². The quantitative estimate of drug-likeness (QED) is 0.325. The molecule has 4 aliphatic heterocycles. The van der Waals surface area contributed by atoms with Gasteiger partial charge in [-0.15, -0.1) is 0 Å². The van der Waals surface area contributed by atoms with E-state index in [0.29, 0.717) is 32.5 Å². The average molecular weight is 559 g/mol. The molecule has 5 atom stereocenters. The molecule has 4 heterocycles. The Balaban J connectivity index is 1.44. The monoisotopic (exact) mass is 558 g/mol. The number of nitrogens with zero attached hydrogens (tertiary/aromatic N) is 2. The van der Waals surface area contributed by atoms with Crippen molar-refractivity contribution in [3.8, 4) is 0 Å². The minimum Gasteiger partial charge on any atom is -0.465 e. The Labute approximate surface area is 240 Å². The SMILES string of the molecule is C[C@@]12/C=C\CCCCOC(=O)[C@@H]1[C@H]1C(=O)N(CCCCCO)C3C(=O)N(c4ccc5ccccc5c4)CC=C[C@@]31O2. The van der Waals surface area contributed by atoms with E-state index in [-0.39, 0.29) is 18.4 Å². The number of allylic oxidation sites excluding steroid dienone is 1. The molecule has 2 amide bonds. The molecule has 4 aliphatic rings. The van der Waals surface area contributed by atoms with Crippen molar-refractivity contribution in [1.82, 2.24) is 4.90 Å². The molecule has 2 aromatic rings. The Hall–Kier alpha value is -3.49. The van der Waals surface area contributed by atoms with Crippen molar-refractivity contribution in [2.24, 2.45) is 11.8 Å². The molecule has 216 valence electrons. The van der Waals surface area contributed by atoms with E-state index in [1.165, 1.54) is 0 Å². The van der Waals surface area contributed by atoms with Crippen LogP contribution < -0.4 is 4.90 Å². The number of fused-ring (bicyclic) bond motifs is 3. The molecule has 1 unspecified atom stereocenters. The van der Waals surface area contributed by atoms with Crippen LogP contribution in [0.5, 0.6) is 0 Å². The van der Waals surface area contributed by atoms with E-state index in [2.05, 4.69) is 0 Å². The lowest BCUT2D eigenvalue weighted by atomic mass is 9.74. The zero-order valence-electron chi connectivity index (χ0n) is 23.5. The fourth-order valence-corrected chi connectivity index (χ4v) is 7.18. The van der Waals surface area contributed by atoms with E-state index in [1.54, 1.807) is 9.80 Å². The summed E-state index contributed by atoms with van der Waals surface area (Å²) in [7, 11) is 0. The van der Waals surface area contributed by atoms with Gasteiger partial charge < -0.3 is 24.4 Å². The highest BCUT2D eigenvalue weighted by Gasteiger charge is 2.74. The summed E-state index contributed by atoms with van der Waals surface area (Å²) < 4.78 is 12.6. The lowest BCUT2D eigenvalue weighted by molar-refractivity contribution is -0.158. The van der Waals surface area contributed by atoms with Gasteiger partial charge in [0.1, 0.15) is 17.6 Å². The molecule has 0 aromatic heterocycles. The third-order valence-corrected chi connectivity index (χ3v) is 9.10. The number of hydrogen-bond acceptors (Lipinski definition) is 6. The first-order chi connectivity index (χ1) is 19.9. The first-order valence-electron chi connectivity index (χ1n) is 14.8. The number of rotatable bonds is 6. The summed E-state index contributed by atoms with van der Waals surface area (Å²) in [4.78, 5) is 45.9. The maximum Gasteiger partial charge on any atom is 0.313 e. The van der Waals surface area contributed by atoms with Crippen LogP contribution >= 0.6 is 0 Å². The van der Waals surface area contributed by atoms with Crippen LogP contribution in [0.4, 0.5) is 5.69 Å². The molecular formula is C33H38N2O6. The molecule has 8 heteroatoms. The zero-order valence-corrected chi connectivity index (χ0v) is 23.5. The Morgan fingerprint density at radius 2 is 1.76 bits per heavy atom. The fourth-order valence-electron chi connectivity index (χ4n) is 7.18. The molecule has 1 spiro atoms. The number of carbonyl (C=O) groups excluding carboxylic acids is 3. The van der Waals surface area contributed by atoms with Gasteiger partial charge in [-0.25, -0.2) is 0 Å². The molecular weight excluding hydrogens is 520 g/mol. The summed E-state index contributed by atoms with van der Waals surface area (Å²) in [6.45, 7) is 2.86. The van der Waals surface area contributed by atoms with Crippen molar-refractivity contribution in [2.75, 3.05) is 31.2 Å². The van der Waals surface area contributed by atoms with Crippen LogP contribution in [0.15, 0.2) is 66.8 Å². The predicted octanol–water partition coefficient (Wildman–Crippen LogP) is 4.16. The van der Waals surface area contributed by atoms with Gasteiger partial charge in [0.2, 0.25) is 5.91 Å². The second-order valence-corrected chi connectivity index (χ2v) is 11.8. The number of benzene rings is 2. The zero-order chi connectivity index (χ0) is 28.6. The number of likely N-dealkylation sites (tertiary alicyclic amines) is 1. The highest BCUT2D eigenvalue weighted by Crippen LogP contribution is 2.57. The third-order valence-electron chi connectivity index (χ3n) is 9.10. The second-order valence-electron chi connectivity index (χ2n) is 11.8. The summed E-state index contributed by atoms with van der Waals surface area (Å²) in [5.74, 6) is -2.70. The Morgan fingerprint density at radius 3 is 2.59 bits per heavy atom. The lowest BCUT2D eigenvalue weighted by Gasteiger charge is -2.37. The predicted molar refractivity (Wildman–Crippen MR) is 155 cm³/mol. The summed E-state index contributed by atoms with van der Waals surface area (Å²) in [5.41, 5.74) is -1.67. The Kier molecular flexibility index (Phi) is 7.47. The van der Waals surface area contributed by atoms with Gasteiger partial charge in [0.05, 0.1) is 18.1 Å².